The normalized spacial score (nSPS) is 27.6. The number of allylic oxidation sites excluding steroid dienone is 2. The average molecular weight is 423 g/mol. The van der Waals surface area contributed by atoms with Crippen LogP contribution in [0.15, 0.2) is 42.5 Å². The number of rotatable bonds is 6. The van der Waals surface area contributed by atoms with Crippen LogP contribution in [0, 0.1) is 23.7 Å². The van der Waals surface area contributed by atoms with Crippen molar-refractivity contribution < 1.29 is 14.4 Å². The van der Waals surface area contributed by atoms with Gasteiger partial charge in [0.05, 0.1) is 11.8 Å². The minimum atomic E-state index is -0.911. The Morgan fingerprint density at radius 3 is 2.40 bits per heavy atom. The first-order valence-electron chi connectivity index (χ1n) is 10.3. The van der Waals surface area contributed by atoms with E-state index in [4.69, 9.17) is 0 Å². The summed E-state index contributed by atoms with van der Waals surface area (Å²) >= 11 is 1.30. The van der Waals surface area contributed by atoms with Crippen molar-refractivity contribution in [2.24, 2.45) is 23.7 Å². The molecule has 2 bridgehead atoms. The molecule has 3 aliphatic rings. The van der Waals surface area contributed by atoms with E-state index in [1.54, 1.807) is 0 Å². The molecule has 1 saturated carbocycles. The van der Waals surface area contributed by atoms with Crippen LogP contribution in [0.2, 0.25) is 0 Å². The van der Waals surface area contributed by atoms with Crippen molar-refractivity contribution in [3.63, 3.8) is 0 Å². The molecule has 154 valence electrons. The van der Waals surface area contributed by atoms with Gasteiger partial charge in [-0.25, -0.2) is 0 Å². The molecule has 30 heavy (non-hydrogen) atoms. The number of likely N-dealkylation sites (tertiary alicyclic amines) is 1. The molecule has 0 unspecified atom stereocenters. The lowest BCUT2D eigenvalue weighted by molar-refractivity contribution is -0.147. The highest BCUT2D eigenvalue weighted by Crippen LogP contribution is 2.53. The van der Waals surface area contributed by atoms with Gasteiger partial charge in [-0.05, 0) is 30.2 Å². The number of aryl methyl sites for hydroxylation is 1. The highest BCUT2D eigenvalue weighted by molar-refractivity contribution is 7.15. The molecule has 1 N–H and O–H groups in total. The van der Waals surface area contributed by atoms with E-state index in [0.29, 0.717) is 5.13 Å². The maximum Gasteiger partial charge on any atom is 0.249 e. The number of hydrogen-bond acceptors (Lipinski definition) is 6. The highest BCUT2D eigenvalue weighted by Gasteiger charge is 2.61. The first-order valence-corrected chi connectivity index (χ1v) is 11.1. The molecule has 0 radical (unpaired) electrons. The zero-order valence-electron chi connectivity index (χ0n) is 16.5. The Labute approximate surface area is 178 Å². The van der Waals surface area contributed by atoms with Gasteiger partial charge < -0.3 is 0 Å². The number of benzene rings is 1. The number of imide groups is 1. The van der Waals surface area contributed by atoms with Gasteiger partial charge in [0.1, 0.15) is 11.0 Å². The molecule has 5 atom stereocenters. The van der Waals surface area contributed by atoms with Gasteiger partial charge >= 0.3 is 0 Å². The fraction of sp³-hybridized carbons (Fsp3) is 0.409. The van der Waals surface area contributed by atoms with Crippen LogP contribution in [0.25, 0.3) is 0 Å². The number of hydrogen-bond donors (Lipinski definition) is 1. The number of amides is 3. The minimum Gasteiger partial charge on any atom is -0.299 e. The number of fused-ring (bicyclic) bond motifs is 5. The molecule has 2 aromatic rings. The topological polar surface area (TPSA) is 92.3 Å². The Morgan fingerprint density at radius 1 is 1.13 bits per heavy atom. The van der Waals surface area contributed by atoms with Crippen LogP contribution >= 0.6 is 11.3 Å². The van der Waals surface area contributed by atoms with Crippen molar-refractivity contribution in [1.29, 1.82) is 0 Å². The molecular weight excluding hydrogens is 400 g/mol. The minimum absolute atomic E-state index is 0.108. The lowest BCUT2D eigenvalue weighted by Gasteiger charge is -2.26. The molecule has 8 heteroatoms. The van der Waals surface area contributed by atoms with Gasteiger partial charge in [0.15, 0.2) is 0 Å². The zero-order valence-corrected chi connectivity index (χ0v) is 17.3. The maximum atomic E-state index is 13.3. The Hall–Kier alpha value is -2.87. The predicted molar refractivity (Wildman–Crippen MR) is 111 cm³/mol. The number of anilines is 1. The quantitative estimate of drug-likeness (QED) is 0.570. The number of carbonyl (C=O) groups is 3. The van der Waals surface area contributed by atoms with Gasteiger partial charge in [-0.2, -0.15) is 0 Å². The van der Waals surface area contributed by atoms with E-state index in [1.165, 1.54) is 16.2 Å². The summed E-state index contributed by atoms with van der Waals surface area (Å²) in [5.41, 5.74) is 0.892. The van der Waals surface area contributed by atoms with Gasteiger partial charge in [0, 0.05) is 6.42 Å². The molecule has 1 aliphatic heterocycles. The third-order valence-electron chi connectivity index (χ3n) is 6.39. The van der Waals surface area contributed by atoms with Crippen molar-refractivity contribution in [3.8, 4) is 0 Å². The molecule has 1 aromatic heterocycles. The monoisotopic (exact) mass is 422 g/mol. The highest BCUT2D eigenvalue weighted by atomic mass is 32.1. The fourth-order valence-corrected chi connectivity index (χ4v) is 5.69. The van der Waals surface area contributed by atoms with Crippen molar-refractivity contribution in [2.45, 2.75) is 32.2 Å². The van der Waals surface area contributed by atoms with Crippen LogP contribution in [0.4, 0.5) is 5.13 Å². The van der Waals surface area contributed by atoms with Crippen molar-refractivity contribution in [3.05, 3.63) is 53.1 Å². The second-order valence-electron chi connectivity index (χ2n) is 8.10. The van der Waals surface area contributed by atoms with E-state index in [0.717, 1.165) is 23.4 Å². The van der Waals surface area contributed by atoms with E-state index >= 15 is 0 Å². The third-order valence-corrected chi connectivity index (χ3v) is 7.37. The summed E-state index contributed by atoms with van der Waals surface area (Å²) in [7, 11) is 0. The molecule has 2 heterocycles. The summed E-state index contributed by atoms with van der Waals surface area (Å²) in [6.07, 6.45) is 5.97. The average Bonchev–Trinajstić information content (AvgIpc) is 3.52. The Morgan fingerprint density at radius 2 is 1.80 bits per heavy atom. The van der Waals surface area contributed by atoms with E-state index in [1.807, 2.05) is 37.3 Å². The summed E-state index contributed by atoms with van der Waals surface area (Å²) in [5.74, 6) is -1.28. The summed E-state index contributed by atoms with van der Waals surface area (Å²) in [6, 6.07) is 8.55. The Balaban J connectivity index is 1.44. The van der Waals surface area contributed by atoms with Gasteiger partial charge in [0.2, 0.25) is 22.9 Å². The van der Waals surface area contributed by atoms with Crippen LogP contribution in [-0.2, 0) is 27.2 Å². The van der Waals surface area contributed by atoms with Crippen LogP contribution in [0.1, 0.15) is 23.9 Å². The number of nitrogens with zero attached hydrogens (tertiary/aromatic N) is 3. The Kier molecular flexibility index (Phi) is 4.73. The second-order valence-corrected chi connectivity index (χ2v) is 9.16. The zero-order chi connectivity index (χ0) is 20.8. The van der Waals surface area contributed by atoms with E-state index in [-0.39, 0.29) is 41.9 Å². The molecule has 1 aromatic carbocycles. The molecule has 5 rings (SSSR count). The van der Waals surface area contributed by atoms with Gasteiger partial charge in [-0.1, -0.05) is 60.7 Å². The van der Waals surface area contributed by atoms with Crippen LogP contribution in [-0.4, -0.2) is 38.9 Å². The molecule has 0 spiro atoms. The lowest BCUT2D eigenvalue weighted by atomic mass is 9.85. The van der Waals surface area contributed by atoms with Gasteiger partial charge in [0.25, 0.3) is 0 Å². The smallest absolute Gasteiger partial charge is 0.249 e. The summed E-state index contributed by atoms with van der Waals surface area (Å²) < 4.78 is 0. The first kappa shape index (κ1) is 19.1. The molecule has 1 saturated heterocycles. The number of aromatic nitrogens is 2. The van der Waals surface area contributed by atoms with E-state index in [2.05, 4.69) is 27.7 Å². The maximum absolute atomic E-state index is 13.3. The van der Waals surface area contributed by atoms with Crippen molar-refractivity contribution in [2.75, 3.05) is 5.32 Å². The fourth-order valence-electron chi connectivity index (χ4n) is 5.01. The molecule has 3 amide bonds. The second kappa shape index (κ2) is 7.43. The predicted octanol–water partition coefficient (Wildman–Crippen LogP) is 2.46. The Bertz CT molecular complexity index is 1000. The standard InChI is InChI=1S/C22H22N4O3S/c1-2-16-24-25-22(30-16)23-19(27)15(10-12-6-4-3-5-7-12)26-20(28)17-13-8-9-14(11-13)18(17)21(26)29/h3-9,13-15,17-18H,2,10-11H2,1H3,(H,23,25,27)/t13-,14-,15-,17-,18+/m0/s1. The van der Waals surface area contributed by atoms with Crippen molar-refractivity contribution >= 4 is 34.2 Å². The SMILES string of the molecule is CCc1nnc(NC(=O)[C@H](Cc2ccccc2)N2C(=O)[C@@H]3[C@H](C2=O)[C@H]2C=C[C@H]3C2)s1. The summed E-state index contributed by atoms with van der Waals surface area (Å²) in [6.45, 7) is 1.97. The van der Waals surface area contributed by atoms with E-state index < -0.39 is 11.9 Å². The van der Waals surface area contributed by atoms with Crippen molar-refractivity contribution in [1.82, 2.24) is 15.1 Å². The van der Waals surface area contributed by atoms with E-state index in [9.17, 15) is 14.4 Å². The van der Waals surface area contributed by atoms with Crippen LogP contribution in [0.3, 0.4) is 0 Å². The molecule has 2 fully saturated rings. The molecule has 7 nitrogen and oxygen atoms in total. The van der Waals surface area contributed by atoms with Gasteiger partial charge in [-0.3, -0.25) is 24.6 Å². The summed E-state index contributed by atoms with van der Waals surface area (Å²) in [5, 5.41) is 12.0. The largest absolute Gasteiger partial charge is 0.299 e. The number of carbonyl (C=O) groups excluding carboxylic acids is 3. The summed E-state index contributed by atoms with van der Waals surface area (Å²) in [4.78, 5) is 41.1. The number of nitrogens with one attached hydrogen (secondary N) is 1. The molecular formula is C22H22N4O3S. The first-order chi connectivity index (χ1) is 14.6. The van der Waals surface area contributed by atoms with Gasteiger partial charge in [-0.15, -0.1) is 10.2 Å². The van der Waals surface area contributed by atoms with Crippen LogP contribution in [0.5, 0.6) is 0 Å². The molecule has 2 aliphatic carbocycles. The van der Waals surface area contributed by atoms with Crippen LogP contribution < -0.4 is 5.32 Å². The third kappa shape index (κ3) is 3.06. The lowest BCUT2D eigenvalue weighted by Crippen LogP contribution is -2.49.